The number of alkyl halides is 1. The summed E-state index contributed by atoms with van der Waals surface area (Å²) >= 11 is 5.83. The summed E-state index contributed by atoms with van der Waals surface area (Å²) in [5.74, 6) is 0.501. The smallest absolute Gasteiger partial charge is 0.175 e. The third-order valence-corrected chi connectivity index (χ3v) is 3.17. The van der Waals surface area contributed by atoms with E-state index in [0.717, 1.165) is 0 Å². The van der Waals surface area contributed by atoms with Crippen LogP contribution in [0.15, 0.2) is 36.5 Å². The molecule has 2 aromatic heterocycles. The Balaban J connectivity index is 2.10. The van der Waals surface area contributed by atoms with Gasteiger partial charge in [0.1, 0.15) is 23.3 Å². The normalized spacial score (nSPS) is 10.5. The average Bonchev–Trinajstić information content (AvgIpc) is 2.92. The first-order valence-electron chi connectivity index (χ1n) is 6.07. The molecule has 0 atom stereocenters. The maximum Gasteiger partial charge on any atom is 0.175 e. The Morgan fingerprint density at radius 3 is 2.76 bits per heavy atom. The number of fused-ring (bicyclic) bond motifs is 1. The van der Waals surface area contributed by atoms with Gasteiger partial charge >= 0.3 is 0 Å². The van der Waals surface area contributed by atoms with E-state index in [2.05, 4.69) is 15.4 Å². The van der Waals surface area contributed by atoms with Crippen molar-refractivity contribution in [3.05, 3.63) is 53.6 Å². The minimum atomic E-state index is -0.312. The van der Waals surface area contributed by atoms with Gasteiger partial charge in [0.2, 0.25) is 0 Å². The number of hydrogen-bond donors (Lipinski definition) is 1. The second-order valence-corrected chi connectivity index (χ2v) is 4.57. The van der Waals surface area contributed by atoms with Crippen molar-refractivity contribution < 1.29 is 4.39 Å². The van der Waals surface area contributed by atoms with Gasteiger partial charge in [0.25, 0.3) is 0 Å². The first kappa shape index (κ1) is 13.3. The van der Waals surface area contributed by atoms with E-state index in [-0.39, 0.29) is 11.7 Å². The lowest BCUT2D eigenvalue weighted by Gasteiger charge is -2.09. The molecule has 0 saturated carbocycles. The molecule has 0 aliphatic rings. The SMILES string of the molecule is N#Cc1cnn2c(Nc3ccc(F)cc3)cc(CCl)nc12. The molecule has 7 heteroatoms. The number of benzene rings is 1. The molecule has 0 radical (unpaired) electrons. The van der Waals surface area contributed by atoms with Crippen molar-refractivity contribution in [2.75, 3.05) is 5.32 Å². The van der Waals surface area contributed by atoms with Crippen LogP contribution >= 0.6 is 11.6 Å². The summed E-state index contributed by atoms with van der Waals surface area (Å²) in [6.07, 6.45) is 1.44. The standard InChI is InChI=1S/C14H9ClFN5/c15-6-12-5-13(19-11-3-1-10(16)2-4-11)21-14(20-12)9(7-17)8-18-21/h1-5,8,19H,6H2. The lowest BCUT2D eigenvalue weighted by molar-refractivity contribution is 0.628. The van der Waals surface area contributed by atoms with E-state index in [0.29, 0.717) is 28.4 Å². The van der Waals surface area contributed by atoms with E-state index in [9.17, 15) is 4.39 Å². The van der Waals surface area contributed by atoms with Gasteiger partial charge in [0.15, 0.2) is 5.65 Å². The number of nitriles is 1. The predicted molar refractivity (Wildman–Crippen MR) is 76.9 cm³/mol. The van der Waals surface area contributed by atoms with Gasteiger partial charge in [-0.3, -0.25) is 0 Å². The maximum atomic E-state index is 12.9. The molecule has 0 fully saturated rings. The van der Waals surface area contributed by atoms with Crippen molar-refractivity contribution in [2.24, 2.45) is 0 Å². The fraction of sp³-hybridized carbons (Fsp3) is 0.0714. The lowest BCUT2D eigenvalue weighted by atomic mass is 10.3. The third kappa shape index (κ3) is 2.51. The van der Waals surface area contributed by atoms with Gasteiger partial charge in [-0.2, -0.15) is 14.9 Å². The molecule has 0 saturated heterocycles. The van der Waals surface area contributed by atoms with Gasteiger partial charge < -0.3 is 5.32 Å². The molecule has 2 heterocycles. The third-order valence-electron chi connectivity index (χ3n) is 2.90. The van der Waals surface area contributed by atoms with Gasteiger partial charge in [-0.1, -0.05) is 0 Å². The second kappa shape index (κ2) is 5.38. The highest BCUT2D eigenvalue weighted by Crippen LogP contribution is 2.21. The molecule has 3 aromatic rings. The van der Waals surface area contributed by atoms with Crippen molar-refractivity contribution in [1.82, 2.24) is 14.6 Å². The Hall–Kier alpha value is -2.65. The van der Waals surface area contributed by atoms with Crippen LogP contribution < -0.4 is 5.32 Å². The molecule has 0 aliphatic heterocycles. The number of halogens is 2. The molecule has 0 bridgehead atoms. The van der Waals surface area contributed by atoms with Crippen molar-refractivity contribution >= 4 is 28.8 Å². The number of anilines is 2. The van der Waals surface area contributed by atoms with E-state index < -0.39 is 0 Å². The van der Waals surface area contributed by atoms with Crippen LogP contribution in [0.2, 0.25) is 0 Å². The number of rotatable bonds is 3. The van der Waals surface area contributed by atoms with Gasteiger partial charge in [-0.05, 0) is 24.3 Å². The average molecular weight is 302 g/mol. The summed E-state index contributed by atoms with van der Waals surface area (Å²) in [6, 6.07) is 9.69. The molecule has 21 heavy (non-hydrogen) atoms. The molecule has 0 amide bonds. The minimum absolute atomic E-state index is 0.213. The van der Waals surface area contributed by atoms with Crippen molar-refractivity contribution in [3.63, 3.8) is 0 Å². The quantitative estimate of drug-likeness (QED) is 0.754. The van der Waals surface area contributed by atoms with Crippen LogP contribution in [0.3, 0.4) is 0 Å². The molecule has 0 spiro atoms. The van der Waals surface area contributed by atoms with E-state index in [1.54, 1.807) is 18.2 Å². The summed E-state index contributed by atoms with van der Waals surface area (Å²) in [5.41, 5.74) is 2.11. The van der Waals surface area contributed by atoms with Crippen LogP contribution in [0.5, 0.6) is 0 Å². The highest BCUT2D eigenvalue weighted by Gasteiger charge is 2.11. The predicted octanol–water partition coefficient (Wildman–Crippen LogP) is 3.22. The van der Waals surface area contributed by atoms with Gasteiger partial charge in [0.05, 0.1) is 17.8 Å². The summed E-state index contributed by atoms with van der Waals surface area (Å²) in [5, 5.41) is 16.3. The van der Waals surface area contributed by atoms with Gasteiger partial charge in [-0.25, -0.2) is 9.37 Å². The highest BCUT2D eigenvalue weighted by molar-refractivity contribution is 6.16. The molecule has 1 aromatic carbocycles. The van der Waals surface area contributed by atoms with Crippen molar-refractivity contribution in [1.29, 1.82) is 5.26 Å². The number of aromatic nitrogens is 3. The Kier molecular flexibility index (Phi) is 3.42. The van der Waals surface area contributed by atoms with Crippen LogP contribution in [0.4, 0.5) is 15.9 Å². The van der Waals surface area contributed by atoms with Gasteiger partial charge in [0, 0.05) is 11.8 Å². The highest BCUT2D eigenvalue weighted by atomic mass is 35.5. The Bertz CT molecular complexity index is 835. The molecule has 0 unspecified atom stereocenters. The molecule has 3 rings (SSSR count). The first-order chi connectivity index (χ1) is 10.2. The Labute approximate surface area is 124 Å². The molecule has 0 aliphatic carbocycles. The number of nitrogens with one attached hydrogen (secondary N) is 1. The molecule has 104 valence electrons. The topological polar surface area (TPSA) is 66.0 Å². The number of hydrogen-bond acceptors (Lipinski definition) is 4. The van der Waals surface area contributed by atoms with Crippen LogP contribution in [0, 0.1) is 17.1 Å². The fourth-order valence-corrected chi connectivity index (χ4v) is 2.07. The molecular weight excluding hydrogens is 293 g/mol. The second-order valence-electron chi connectivity index (χ2n) is 4.30. The lowest BCUT2D eigenvalue weighted by Crippen LogP contribution is -2.03. The number of nitrogens with zero attached hydrogens (tertiary/aromatic N) is 4. The first-order valence-corrected chi connectivity index (χ1v) is 6.61. The minimum Gasteiger partial charge on any atom is -0.340 e. The summed E-state index contributed by atoms with van der Waals surface area (Å²) in [7, 11) is 0. The zero-order chi connectivity index (χ0) is 14.8. The van der Waals surface area contributed by atoms with E-state index in [4.69, 9.17) is 16.9 Å². The van der Waals surface area contributed by atoms with Crippen molar-refractivity contribution in [2.45, 2.75) is 5.88 Å². The van der Waals surface area contributed by atoms with E-state index in [1.165, 1.54) is 22.8 Å². The monoisotopic (exact) mass is 301 g/mol. The van der Waals surface area contributed by atoms with Crippen LogP contribution in [-0.2, 0) is 5.88 Å². The van der Waals surface area contributed by atoms with Crippen molar-refractivity contribution in [3.8, 4) is 6.07 Å². The summed E-state index contributed by atoms with van der Waals surface area (Å²) in [4.78, 5) is 4.29. The van der Waals surface area contributed by atoms with E-state index in [1.807, 2.05) is 6.07 Å². The van der Waals surface area contributed by atoms with Crippen LogP contribution in [0.25, 0.3) is 5.65 Å². The molecule has 1 N–H and O–H groups in total. The molecular formula is C14H9ClFN5. The van der Waals surface area contributed by atoms with Crippen LogP contribution in [0.1, 0.15) is 11.3 Å². The van der Waals surface area contributed by atoms with Gasteiger partial charge in [-0.15, -0.1) is 11.6 Å². The Morgan fingerprint density at radius 1 is 1.33 bits per heavy atom. The largest absolute Gasteiger partial charge is 0.340 e. The fourth-order valence-electron chi connectivity index (χ4n) is 1.93. The van der Waals surface area contributed by atoms with E-state index >= 15 is 0 Å². The summed E-state index contributed by atoms with van der Waals surface area (Å²) < 4.78 is 14.4. The zero-order valence-corrected chi connectivity index (χ0v) is 11.5. The van der Waals surface area contributed by atoms with Crippen LogP contribution in [-0.4, -0.2) is 14.6 Å². The molecule has 5 nitrogen and oxygen atoms in total. The summed E-state index contributed by atoms with van der Waals surface area (Å²) in [6.45, 7) is 0. The maximum absolute atomic E-state index is 12.9. The zero-order valence-electron chi connectivity index (χ0n) is 10.7. The Morgan fingerprint density at radius 2 is 2.10 bits per heavy atom.